The van der Waals surface area contributed by atoms with Crippen molar-refractivity contribution in [1.29, 1.82) is 0 Å². The van der Waals surface area contributed by atoms with Gasteiger partial charge in [-0.05, 0) is 66.6 Å². The fourth-order valence-electron chi connectivity index (χ4n) is 5.05. The Morgan fingerprint density at radius 2 is 1.42 bits per heavy atom. The smallest absolute Gasteiger partial charge is 0.416 e. The summed E-state index contributed by atoms with van der Waals surface area (Å²) in [5, 5.41) is 0. The maximum atomic E-state index is 12.9. The lowest BCUT2D eigenvalue weighted by Crippen LogP contribution is -2.73. The molecule has 1 spiro atoms. The minimum Gasteiger partial charge on any atom is -0.496 e. The summed E-state index contributed by atoms with van der Waals surface area (Å²) in [6.07, 6.45) is -3.37. The maximum Gasteiger partial charge on any atom is 0.416 e. The third-order valence-corrected chi connectivity index (χ3v) is 7.06. The molecule has 2 heterocycles. The van der Waals surface area contributed by atoms with Crippen LogP contribution in [0.3, 0.4) is 0 Å². The van der Waals surface area contributed by atoms with Crippen molar-refractivity contribution < 1.29 is 32.2 Å². The number of ether oxygens (including phenoxy) is 2. The van der Waals surface area contributed by atoms with Gasteiger partial charge in [0.2, 0.25) is 5.91 Å². The molecule has 0 aliphatic carbocycles. The summed E-state index contributed by atoms with van der Waals surface area (Å²) < 4.78 is 49.1. The zero-order valence-corrected chi connectivity index (χ0v) is 20.8. The number of aryl methyl sites for hydroxylation is 1. The number of alkyl halides is 3. The monoisotopic (exact) mass is 524 g/mol. The molecule has 2 fully saturated rings. The van der Waals surface area contributed by atoms with Crippen LogP contribution in [-0.2, 0) is 17.4 Å². The van der Waals surface area contributed by atoms with Gasteiger partial charge < -0.3 is 19.3 Å². The van der Waals surface area contributed by atoms with E-state index in [0.29, 0.717) is 50.3 Å². The van der Waals surface area contributed by atoms with Crippen molar-refractivity contribution in [2.45, 2.75) is 19.0 Å². The molecular formula is C29H27F3N2O4. The Hall–Kier alpha value is -4.01. The highest BCUT2D eigenvalue weighted by atomic mass is 19.4. The van der Waals surface area contributed by atoms with Gasteiger partial charge in [0.15, 0.2) is 0 Å². The predicted octanol–water partition coefficient (Wildman–Crippen LogP) is 5.42. The Bertz CT molecular complexity index is 1310. The molecule has 0 aromatic heterocycles. The van der Waals surface area contributed by atoms with Crippen LogP contribution in [-0.4, -0.2) is 54.9 Å². The average molecular weight is 525 g/mol. The summed E-state index contributed by atoms with van der Waals surface area (Å²) in [4.78, 5) is 29.1. The first-order chi connectivity index (χ1) is 18.2. The molecule has 0 bridgehead atoms. The Morgan fingerprint density at radius 1 is 0.842 bits per heavy atom. The van der Waals surface area contributed by atoms with Crippen LogP contribution in [0, 0.1) is 5.41 Å². The topological polar surface area (TPSA) is 59.1 Å². The first-order valence-electron chi connectivity index (χ1n) is 12.3. The lowest BCUT2D eigenvalue weighted by atomic mass is 9.72. The highest BCUT2D eigenvalue weighted by molar-refractivity contribution is 5.95. The minimum atomic E-state index is -4.40. The second-order valence-electron chi connectivity index (χ2n) is 9.87. The van der Waals surface area contributed by atoms with Crippen LogP contribution in [0.1, 0.15) is 27.9 Å². The largest absolute Gasteiger partial charge is 0.496 e. The highest BCUT2D eigenvalue weighted by Crippen LogP contribution is 2.41. The van der Waals surface area contributed by atoms with Crippen LogP contribution < -0.4 is 9.47 Å². The van der Waals surface area contributed by atoms with E-state index in [4.69, 9.17) is 9.47 Å². The number of para-hydroxylation sites is 1. The van der Waals surface area contributed by atoms with E-state index >= 15 is 0 Å². The van der Waals surface area contributed by atoms with Gasteiger partial charge in [-0.3, -0.25) is 9.59 Å². The van der Waals surface area contributed by atoms with Gasteiger partial charge in [0.1, 0.15) is 17.2 Å². The van der Waals surface area contributed by atoms with E-state index < -0.39 is 11.7 Å². The molecule has 5 rings (SSSR count). The van der Waals surface area contributed by atoms with Gasteiger partial charge in [0.05, 0.1) is 12.7 Å². The normalized spacial score (nSPS) is 16.0. The molecule has 38 heavy (non-hydrogen) atoms. The average Bonchev–Trinajstić information content (AvgIpc) is 2.86. The summed E-state index contributed by atoms with van der Waals surface area (Å²) in [5.74, 6) is 1.48. The predicted molar refractivity (Wildman–Crippen MR) is 134 cm³/mol. The molecule has 2 saturated heterocycles. The molecule has 2 aliphatic rings. The summed E-state index contributed by atoms with van der Waals surface area (Å²) in [7, 11) is 1.62. The van der Waals surface area contributed by atoms with Crippen LogP contribution in [0.4, 0.5) is 13.2 Å². The van der Waals surface area contributed by atoms with Crippen LogP contribution in [0.5, 0.6) is 17.2 Å². The number of halogens is 3. The van der Waals surface area contributed by atoms with E-state index in [1.54, 1.807) is 36.3 Å². The fourth-order valence-corrected chi connectivity index (χ4v) is 5.05. The molecule has 0 atom stereocenters. The molecule has 0 radical (unpaired) electrons. The van der Waals surface area contributed by atoms with Crippen LogP contribution in [0.2, 0.25) is 0 Å². The Kier molecular flexibility index (Phi) is 6.77. The SMILES string of the molecule is COc1ccccc1CCC(=O)N1CC2(C1)CN(C(=O)c1ccc(Oc3ccc(C(F)(F)F)cc3)cc1)C2. The number of hydrogen-bond acceptors (Lipinski definition) is 4. The Labute approximate surface area is 218 Å². The third-order valence-electron chi connectivity index (χ3n) is 7.06. The van der Waals surface area contributed by atoms with Crippen molar-refractivity contribution in [3.63, 3.8) is 0 Å². The molecule has 9 heteroatoms. The molecule has 0 unspecified atom stereocenters. The van der Waals surface area contributed by atoms with Crippen LogP contribution in [0.25, 0.3) is 0 Å². The number of carbonyl (C=O) groups excluding carboxylic acids is 2. The second kappa shape index (κ2) is 10.0. The van der Waals surface area contributed by atoms with Crippen LogP contribution in [0.15, 0.2) is 72.8 Å². The first-order valence-corrected chi connectivity index (χ1v) is 12.3. The van der Waals surface area contributed by atoms with E-state index in [0.717, 1.165) is 23.4 Å². The molecule has 198 valence electrons. The molecular weight excluding hydrogens is 497 g/mol. The van der Waals surface area contributed by atoms with E-state index in [1.165, 1.54) is 12.1 Å². The Balaban J connectivity index is 1.08. The quantitative estimate of drug-likeness (QED) is 0.414. The van der Waals surface area contributed by atoms with Gasteiger partial charge in [-0.15, -0.1) is 0 Å². The number of rotatable bonds is 7. The second-order valence-corrected chi connectivity index (χ2v) is 9.87. The van der Waals surface area contributed by atoms with Crippen molar-refractivity contribution in [1.82, 2.24) is 9.80 Å². The first kappa shape index (κ1) is 25.6. The molecule has 2 aliphatic heterocycles. The van der Waals surface area contributed by atoms with E-state index in [-0.39, 0.29) is 23.0 Å². The minimum absolute atomic E-state index is 0.0264. The molecule has 2 amide bonds. The molecule has 0 saturated carbocycles. The molecule has 0 N–H and O–H groups in total. The third kappa shape index (κ3) is 5.32. The number of benzene rings is 3. The number of likely N-dealkylation sites (tertiary alicyclic amines) is 2. The van der Waals surface area contributed by atoms with Crippen LogP contribution >= 0.6 is 0 Å². The lowest BCUT2D eigenvalue weighted by Gasteiger charge is -2.60. The fraction of sp³-hybridized carbons (Fsp3) is 0.310. The standard InChI is InChI=1S/C29H27F3N2O4/c1-37-25-5-3-2-4-20(25)8-15-26(35)33-16-28(17-33)18-34(19-28)27(36)21-6-11-23(12-7-21)38-24-13-9-22(10-14-24)29(30,31)32/h2-7,9-14H,8,15-19H2,1H3. The van der Waals surface area contributed by atoms with E-state index in [1.807, 2.05) is 29.2 Å². The molecule has 3 aromatic rings. The molecule has 3 aromatic carbocycles. The summed E-state index contributed by atoms with van der Waals surface area (Å²) in [6, 6.07) is 18.6. The van der Waals surface area contributed by atoms with E-state index in [2.05, 4.69) is 0 Å². The van der Waals surface area contributed by atoms with Crippen molar-refractivity contribution >= 4 is 11.8 Å². The van der Waals surface area contributed by atoms with Crippen molar-refractivity contribution in [3.8, 4) is 17.2 Å². The number of methoxy groups -OCH3 is 1. The van der Waals surface area contributed by atoms with Crippen molar-refractivity contribution in [3.05, 3.63) is 89.5 Å². The van der Waals surface area contributed by atoms with Gasteiger partial charge in [-0.1, -0.05) is 18.2 Å². The maximum absolute atomic E-state index is 12.9. The van der Waals surface area contributed by atoms with Crippen molar-refractivity contribution in [2.75, 3.05) is 33.3 Å². The van der Waals surface area contributed by atoms with Crippen molar-refractivity contribution in [2.24, 2.45) is 5.41 Å². The summed E-state index contributed by atoms with van der Waals surface area (Å²) in [5.41, 5.74) is 0.741. The molecule has 6 nitrogen and oxygen atoms in total. The van der Waals surface area contributed by atoms with Gasteiger partial charge in [-0.2, -0.15) is 13.2 Å². The lowest BCUT2D eigenvalue weighted by molar-refractivity contribution is -0.154. The summed E-state index contributed by atoms with van der Waals surface area (Å²) >= 11 is 0. The van der Waals surface area contributed by atoms with E-state index in [9.17, 15) is 22.8 Å². The van der Waals surface area contributed by atoms with Gasteiger partial charge in [0.25, 0.3) is 5.91 Å². The number of carbonyl (C=O) groups is 2. The van der Waals surface area contributed by atoms with Gasteiger partial charge in [-0.25, -0.2) is 0 Å². The highest BCUT2D eigenvalue weighted by Gasteiger charge is 2.54. The number of hydrogen-bond donors (Lipinski definition) is 0. The zero-order valence-electron chi connectivity index (χ0n) is 20.8. The summed E-state index contributed by atoms with van der Waals surface area (Å²) in [6.45, 7) is 2.51. The van der Waals surface area contributed by atoms with Gasteiger partial charge in [0, 0.05) is 43.6 Å². The number of nitrogens with zero attached hydrogens (tertiary/aromatic N) is 2. The zero-order chi connectivity index (χ0) is 26.9. The Morgan fingerprint density at radius 3 is 2.03 bits per heavy atom. The van der Waals surface area contributed by atoms with Gasteiger partial charge >= 0.3 is 6.18 Å². The number of amides is 2.